The summed E-state index contributed by atoms with van der Waals surface area (Å²) in [6, 6.07) is 0.0835. The van der Waals surface area contributed by atoms with Crippen molar-refractivity contribution >= 4 is 18.0 Å². The highest BCUT2D eigenvalue weighted by atomic mass is 32.2. The van der Waals surface area contributed by atoms with E-state index < -0.39 is 0 Å². The van der Waals surface area contributed by atoms with Gasteiger partial charge in [0.1, 0.15) is 6.29 Å². The second kappa shape index (κ2) is 5.32. The van der Waals surface area contributed by atoms with Gasteiger partial charge in [0.15, 0.2) is 0 Å². The van der Waals surface area contributed by atoms with E-state index in [2.05, 4.69) is 5.32 Å². The normalized spacial score (nSPS) is 41.7. The minimum Gasteiger partial charge on any atom is -0.381 e. The van der Waals surface area contributed by atoms with Crippen molar-refractivity contribution in [1.29, 1.82) is 0 Å². The van der Waals surface area contributed by atoms with Crippen molar-refractivity contribution in [2.75, 3.05) is 12.9 Å². The van der Waals surface area contributed by atoms with Gasteiger partial charge in [0.25, 0.3) is 0 Å². The van der Waals surface area contributed by atoms with Crippen molar-refractivity contribution in [3.63, 3.8) is 0 Å². The standard InChI is InChI=1S/C11H19NO2S/c1-14-10-4-2-8(3-5-10)11-12-9(6-13)7-15-11/h6,8-12H,2-5,7H2,1H3. The number of thioether (sulfide) groups is 1. The smallest absolute Gasteiger partial charge is 0.137 e. The molecule has 2 unspecified atom stereocenters. The molecule has 4 heteroatoms. The van der Waals surface area contributed by atoms with Gasteiger partial charge in [-0.15, -0.1) is 11.8 Å². The lowest BCUT2D eigenvalue weighted by atomic mass is 9.87. The van der Waals surface area contributed by atoms with E-state index in [0.717, 1.165) is 18.0 Å². The fourth-order valence-corrected chi connectivity index (χ4v) is 3.90. The fourth-order valence-electron chi connectivity index (χ4n) is 2.49. The number of nitrogens with one attached hydrogen (secondary N) is 1. The van der Waals surface area contributed by atoms with Crippen molar-refractivity contribution < 1.29 is 9.53 Å². The highest BCUT2D eigenvalue weighted by molar-refractivity contribution is 8.00. The summed E-state index contributed by atoms with van der Waals surface area (Å²) >= 11 is 1.91. The van der Waals surface area contributed by atoms with Gasteiger partial charge >= 0.3 is 0 Å². The van der Waals surface area contributed by atoms with Gasteiger partial charge in [0.05, 0.1) is 17.5 Å². The van der Waals surface area contributed by atoms with Crippen LogP contribution in [0.4, 0.5) is 0 Å². The maximum atomic E-state index is 10.6. The van der Waals surface area contributed by atoms with E-state index in [9.17, 15) is 4.79 Å². The summed E-state index contributed by atoms with van der Waals surface area (Å²) in [4.78, 5) is 10.6. The van der Waals surface area contributed by atoms with Crippen LogP contribution < -0.4 is 5.32 Å². The van der Waals surface area contributed by atoms with Crippen LogP contribution >= 0.6 is 11.8 Å². The molecule has 0 bridgehead atoms. The summed E-state index contributed by atoms with van der Waals surface area (Å²) < 4.78 is 5.36. The molecule has 1 aliphatic heterocycles. The molecule has 0 aromatic carbocycles. The summed E-state index contributed by atoms with van der Waals surface area (Å²) in [6.07, 6.45) is 6.31. The molecule has 3 nitrogen and oxygen atoms in total. The number of carbonyl (C=O) groups is 1. The molecular weight excluding hydrogens is 210 g/mol. The largest absolute Gasteiger partial charge is 0.381 e. The Morgan fingerprint density at radius 1 is 1.33 bits per heavy atom. The quantitative estimate of drug-likeness (QED) is 0.743. The predicted molar refractivity (Wildman–Crippen MR) is 62.0 cm³/mol. The zero-order chi connectivity index (χ0) is 10.7. The molecule has 2 aliphatic rings. The van der Waals surface area contributed by atoms with Crippen LogP contribution in [0.15, 0.2) is 0 Å². The Bertz CT molecular complexity index is 217. The van der Waals surface area contributed by atoms with Crippen molar-refractivity contribution in [1.82, 2.24) is 5.32 Å². The second-order valence-corrected chi connectivity index (χ2v) is 5.61. The van der Waals surface area contributed by atoms with E-state index in [4.69, 9.17) is 4.74 Å². The summed E-state index contributed by atoms with van der Waals surface area (Å²) in [5, 5.41) is 3.90. The first-order valence-electron chi connectivity index (χ1n) is 5.69. The topological polar surface area (TPSA) is 38.3 Å². The minimum absolute atomic E-state index is 0.0835. The van der Waals surface area contributed by atoms with Crippen LogP contribution in [0.25, 0.3) is 0 Å². The number of carbonyl (C=O) groups excluding carboxylic acids is 1. The third kappa shape index (κ3) is 2.74. The molecule has 0 aromatic rings. The van der Waals surface area contributed by atoms with Crippen LogP contribution in [0.2, 0.25) is 0 Å². The summed E-state index contributed by atoms with van der Waals surface area (Å²) in [5.41, 5.74) is 0. The molecule has 2 fully saturated rings. The molecule has 1 saturated carbocycles. The van der Waals surface area contributed by atoms with Crippen LogP contribution in [0, 0.1) is 5.92 Å². The Morgan fingerprint density at radius 2 is 2.07 bits per heavy atom. The molecule has 1 heterocycles. The van der Waals surface area contributed by atoms with Gasteiger partial charge in [-0.25, -0.2) is 0 Å². The van der Waals surface area contributed by atoms with Gasteiger partial charge < -0.3 is 9.53 Å². The van der Waals surface area contributed by atoms with E-state index >= 15 is 0 Å². The van der Waals surface area contributed by atoms with Crippen molar-refractivity contribution in [2.24, 2.45) is 5.92 Å². The maximum Gasteiger partial charge on any atom is 0.137 e. The van der Waals surface area contributed by atoms with E-state index in [1.165, 1.54) is 25.7 Å². The Labute approximate surface area is 95.3 Å². The lowest BCUT2D eigenvalue weighted by Gasteiger charge is -2.31. The molecule has 0 amide bonds. The van der Waals surface area contributed by atoms with Gasteiger partial charge in [0, 0.05) is 12.9 Å². The van der Waals surface area contributed by atoms with Crippen molar-refractivity contribution in [2.45, 2.75) is 43.2 Å². The predicted octanol–water partition coefficient (Wildman–Crippen LogP) is 1.42. The first kappa shape index (κ1) is 11.4. The summed E-state index contributed by atoms with van der Waals surface area (Å²) in [5.74, 6) is 1.67. The van der Waals surface area contributed by atoms with E-state index in [-0.39, 0.29) is 6.04 Å². The van der Waals surface area contributed by atoms with Gasteiger partial charge in [0.2, 0.25) is 0 Å². The van der Waals surface area contributed by atoms with Gasteiger partial charge in [-0.2, -0.15) is 0 Å². The lowest BCUT2D eigenvalue weighted by molar-refractivity contribution is -0.109. The monoisotopic (exact) mass is 229 g/mol. The number of rotatable bonds is 3. The maximum absolute atomic E-state index is 10.6. The zero-order valence-electron chi connectivity index (χ0n) is 9.15. The van der Waals surface area contributed by atoms with Gasteiger partial charge in [-0.3, -0.25) is 5.32 Å². The Kier molecular flexibility index (Phi) is 4.05. The first-order chi connectivity index (χ1) is 7.33. The molecule has 0 aromatic heterocycles. The molecule has 86 valence electrons. The fraction of sp³-hybridized carbons (Fsp3) is 0.909. The van der Waals surface area contributed by atoms with Crippen LogP contribution in [0.1, 0.15) is 25.7 Å². The van der Waals surface area contributed by atoms with Gasteiger partial charge in [-0.1, -0.05) is 0 Å². The molecule has 0 radical (unpaired) electrons. The molecule has 1 aliphatic carbocycles. The minimum atomic E-state index is 0.0835. The number of methoxy groups -OCH3 is 1. The van der Waals surface area contributed by atoms with E-state index in [0.29, 0.717) is 11.5 Å². The Hall–Kier alpha value is -0.0600. The number of ether oxygens (including phenoxy) is 1. The van der Waals surface area contributed by atoms with E-state index in [1.54, 1.807) is 7.11 Å². The van der Waals surface area contributed by atoms with Gasteiger partial charge in [-0.05, 0) is 31.6 Å². The van der Waals surface area contributed by atoms with Crippen LogP contribution in [0.5, 0.6) is 0 Å². The molecule has 1 N–H and O–H groups in total. The van der Waals surface area contributed by atoms with Crippen LogP contribution in [-0.2, 0) is 9.53 Å². The second-order valence-electron chi connectivity index (χ2n) is 4.44. The number of hydrogen-bond acceptors (Lipinski definition) is 4. The Balaban J connectivity index is 1.78. The third-order valence-corrected chi connectivity index (χ3v) is 4.91. The Morgan fingerprint density at radius 3 is 2.60 bits per heavy atom. The summed E-state index contributed by atoms with van der Waals surface area (Å²) in [6.45, 7) is 0. The number of aldehydes is 1. The van der Waals surface area contributed by atoms with Crippen molar-refractivity contribution in [3.8, 4) is 0 Å². The molecule has 2 atom stereocenters. The molecule has 0 spiro atoms. The molecule has 15 heavy (non-hydrogen) atoms. The first-order valence-corrected chi connectivity index (χ1v) is 6.74. The van der Waals surface area contributed by atoms with Crippen LogP contribution in [0.3, 0.4) is 0 Å². The zero-order valence-corrected chi connectivity index (χ0v) is 9.96. The lowest BCUT2D eigenvalue weighted by Crippen LogP contribution is -2.37. The van der Waals surface area contributed by atoms with Crippen LogP contribution in [-0.4, -0.2) is 36.7 Å². The summed E-state index contributed by atoms with van der Waals surface area (Å²) in [7, 11) is 1.80. The number of hydrogen-bond donors (Lipinski definition) is 1. The highest BCUT2D eigenvalue weighted by Crippen LogP contribution is 2.35. The average Bonchev–Trinajstić information content (AvgIpc) is 2.78. The highest BCUT2D eigenvalue weighted by Gasteiger charge is 2.33. The average molecular weight is 229 g/mol. The molecule has 1 saturated heterocycles. The van der Waals surface area contributed by atoms with E-state index in [1.807, 2.05) is 11.8 Å². The third-order valence-electron chi connectivity index (χ3n) is 3.48. The van der Waals surface area contributed by atoms with Crippen molar-refractivity contribution in [3.05, 3.63) is 0 Å². The molecular formula is C11H19NO2S. The SMILES string of the molecule is COC1CCC(C2NC(C=O)CS2)CC1. The molecule has 2 rings (SSSR count).